The molecule has 0 bridgehead atoms. The fraction of sp³-hybridized carbons (Fsp3) is 0.333. The first-order valence-corrected chi connectivity index (χ1v) is 12.3. The molecule has 7 nitrogen and oxygen atoms in total. The molecule has 0 N–H and O–H groups in total. The minimum Gasteiger partial charge on any atom is -0.466 e. The smallest absolute Gasteiger partial charge is 0.310 e. The Bertz CT molecular complexity index is 1160. The molecule has 32 heavy (non-hydrogen) atoms. The van der Waals surface area contributed by atoms with Crippen LogP contribution in [0.2, 0.25) is 0 Å². The van der Waals surface area contributed by atoms with Crippen LogP contribution in [0.25, 0.3) is 11.3 Å². The number of nitrogens with zero attached hydrogens (tertiary/aromatic N) is 3. The lowest BCUT2D eigenvalue weighted by Gasteiger charge is -2.30. The van der Waals surface area contributed by atoms with Gasteiger partial charge in [0.1, 0.15) is 10.6 Å². The highest BCUT2D eigenvalue weighted by Gasteiger charge is 2.36. The van der Waals surface area contributed by atoms with Gasteiger partial charge in [0.25, 0.3) is 0 Å². The molecule has 4 rings (SSSR count). The maximum Gasteiger partial charge on any atom is 0.310 e. The van der Waals surface area contributed by atoms with Crippen LogP contribution in [-0.4, -0.2) is 48.2 Å². The monoisotopic (exact) mass is 453 g/mol. The average Bonchev–Trinajstić information content (AvgIpc) is 3.25. The van der Waals surface area contributed by atoms with E-state index in [2.05, 4.69) is 5.10 Å². The molecule has 168 valence electrons. The summed E-state index contributed by atoms with van der Waals surface area (Å²) in [7, 11) is -3.85. The van der Waals surface area contributed by atoms with Crippen LogP contribution in [-0.2, 0) is 26.1 Å². The molecule has 1 aliphatic heterocycles. The van der Waals surface area contributed by atoms with Crippen molar-refractivity contribution in [3.05, 3.63) is 72.4 Å². The maximum absolute atomic E-state index is 13.7. The number of aromatic nitrogens is 2. The van der Waals surface area contributed by atoms with Crippen molar-refractivity contribution in [3.63, 3.8) is 0 Å². The van der Waals surface area contributed by atoms with Crippen molar-refractivity contribution in [1.82, 2.24) is 14.1 Å². The first kappa shape index (κ1) is 22.2. The minimum absolute atomic E-state index is 0.124. The molecule has 1 fully saturated rings. The van der Waals surface area contributed by atoms with Crippen molar-refractivity contribution < 1.29 is 17.9 Å². The molecule has 1 aromatic heterocycles. The predicted molar refractivity (Wildman–Crippen MR) is 121 cm³/mol. The fourth-order valence-corrected chi connectivity index (χ4v) is 5.67. The highest BCUT2D eigenvalue weighted by Crippen LogP contribution is 2.31. The van der Waals surface area contributed by atoms with Gasteiger partial charge in [0.05, 0.1) is 19.1 Å². The van der Waals surface area contributed by atoms with Crippen LogP contribution in [0, 0.1) is 5.92 Å². The van der Waals surface area contributed by atoms with E-state index >= 15 is 0 Å². The summed E-state index contributed by atoms with van der Waals surface area (Å²) in [5.41, 5.74) is 2.18. The molecule has 0 radical (unpaired) electrons. The number of sulfonamides is 1. The van der Waals surface area contributed by atoms with Gasteiger partial charge in [-0.25, -0.2) is 8.42 Å². The Morgan fingerprint density at radius 1 is 1.09 bits per heavy atom. The first-order chi connectivity index (χ1) is 15.5. The van der Waals surface area contributed by atoms with Crippen molar-refractivity contribution in [1.29, 1.82) is 0 Å². The Morgan fingerprint density at radius 2 is 1.78 bits per heavy atom. The van der Waals surface area contributed by atoms with Gasteiger partial charge in [-0.2, -0.15) is 9.40 Å². The SMILES string of the molecule is CCOC(=O)C1CCCN(S(=O)(=O)c2cn(Cc3ccccc3)nc2-c2ccccc2)C1. The standard InChI is InChI=1S/C24H27N3O4S/c1-2-31-24(28)21-14-9-15-27(17-21)32(29,30)22-18-26(16-19-10-5-3-6-11-19)25-23(22)20-12-7-4-8-13-20/h3-8,10-13,18,21H,2,9,14-17H2,1H3. The number of ether oxygens (including phenoxy) is 1. The molecule has 2 heterocycles. The highest BCUT2D eigenvalue weighted by atomic mass is 32.2. The van der Waals surface area contributed by atoms with Gasteiger partial charge in [0, 0.05) is 24.8 Å². The van der Waals surface area contributed by atoms with Gasteiger partial charge >= 0.3 is 5.97 Å². The zero-order valence-electron chi connectivity index (χ0n) is 18.1. The van der Waals surface area contributed by atoms with Crippen molar-refractivity contribution in [3.8, 4) is 11.3 Å². The van der Waals surface area contributed by atoms with Crippen LogP contribution in [0.3, 0.4) is 0 Å². The van der Waals surface area contributed by atoms with E-state index in [1.165, 1.54) is 4.31 Å². The molecule has 1 unspecified atom stereocenters. The van der Waals surface area contributed by atoms with Crippen LogP contribution in [0.5, 0.6) is 0 Å². The topological polar surface area (TPSA) is 81.5 Å². The minimum atomic E-state index is -3.85. The van der Waals surface area contributed by atoms with Gasteiger partial charge < -0.3 is 4.74 Å². The number of hydrogen-bond donors (Lipinski definition) is 0. The van der Waals surface area contributed by atoms with E-state index in [0.717, 1.165) is 11.1 Å². The fourth-order valence-electron chi connectivity index (χ4n) is 3.99. The Kier molecular flexibility index (Phi) is 6.72. The highest BCUT2D eigenvalue weighted by molar-refractivity contribution is 7.89. The summed E-state index contributed by atoms with van der Waals surface area (Å²) >= 11 is 0. The van der Waals surface area contributed by atoms with Gasteiger partial charge in [0.15, 0.2) is 0 Å². The molecule has 1 aliphatic rings. The van der Waals surface area contributed by atoms with E-state index < -0.39 is 15.9 Å². The molecular formula is C24H27N3O4S. The van der Waals surface area contributed by atoms with Crippen LogP contribution < -0.4 is 0 Å². The van der Waals surface area contributed by atoms with Crippen molar-refractivity contribution >= 4 is 16.0 Å². The molecule has 0 spiro atoms. The summed E-state index contributed by atoms with van der Waals surface area (Å²) in [6.07, 6.45) is 2.84. The Balaban J connectivity index is 1.69. The molecule has 2 aromatic carbocycles. The molecule has 1 atom stereocenters. The van der Waals surface area contributed by atoms with Crippen LogP contribution >= 0.6 is 0 Å². The number of carbonyl (C=O) groups excluding carboxylic acids is 1. The third-order valence-electron chi connectivity index (χ3n) is 5.58. The number of carbonyl (C=O) groups is 1. The number of rotatable bonds is 7. The van der Waals surface area contributed by atoms with Crippen molar-refractivity contribution in [2.75, 3.05) is 19.7 Å². The third-order valence-corrected chi connectivity index (χ3v) is 7.45. The molecule has 8 heteroatoms. The van der Waals surface area contributed by atoms with Gasteiger partial charge in [-0.3, -0.25) is 9.48 Å². The molecule has 0 amide bonds. The van der Waals surface area contributed by atoms with E-state index in [1.54, 1.807) is 17.8 Å². The van der Waals surface area contributed by atoms with E-state index in [4.69, 9.17) is 4.74 Å². The van der Waals surface area contributed by atoms with Gasteiger partial charge in [-0.1, -0.05) is 60.7 Å². The summed E-state index contributed by atoms with van der Waals surface area (Å²) < 4.78 is 35.6. The van der Waals surface area contributed by atoms with E-state index in [1.807, 2.05) is 60.7 Å². The summed E-state index contributed by atoms with van der Waals surface area (Å²) in [6, 6.07) is 19.1. The second-order valence-electron chi connectivity index (χ2n) is 7.85. The van der Waals surface area contributed by atoms with Crippen LogP contribution in [0.4, 0.5) is 0 Å². The molecule has 0 saturated carbocycles. The third kappa shape index (κ3) is 4.76. The second kappa shape index (κ2) is 9.67. The zero-order chi connectivity index (χ0) is 22.6. The predicted octanol–water partition coefficient (Wildman–Crippen LogP) is 3.56. The normalized spacial score (nSPS) is 17.2. The van der Waals surface area contributed by atoms with Crippen molar-refractivity contribution in [2.24, 2.45) is 5.92 Å². The van der Waals surface area contributed by atoms with E-state index in [0.29, 0.717) is 31.6 Å². The zero-order valence-corrected chi connectivity index (χ0v) is 18.9. The van der Waals surface area contributed by atoms with Crippen molar-refractivity contribution in [2.45, 2.75) is 31.2 Å². The number of hydrogen-bond acceptors (Lipinski definition) is 5. The van der Waals surface area contributed by atoms with Gasteiger partial charge in [0.2, 0.25) is 10.0 Å². The van der Waals surface area contributed by atoms with Gasteiger partial charge in [-0.15, -0.1) is 0 Å². The number of piperidine rings is 1. The quantitative estimate of drug-likeness (QED) is 0.511. The van der Waals surface area contributed by atoms with E-state index in [-0.39, 0.29) is 24.0 Å². The van der Waals surface area contributed by atoms with Crippen LogP contribution in [0.1, 0.15) is 25.3 Å². The Hall–Kier alpha value is -2.97. The van der Waals surface area contributed by atoms with Crippen LogP contribution in [0.15, 0.2) is 71.8 Å². The lowest BCUT2D eigenvalue weighted by Crippen LogP contribution is -2.42. The molecule has 1 saturated heterocycles. The number of esters is 1. The average molecular weight is 454 g/mol. The summed E-state index contributed by atoms with van der Waals surface area (Å²) in [5, 5.41) is 4.64. The summed E-state index contributed by atoms with van der Waals surface area (Å²) in [5.74, 6) is -0.784. The largest absolute Gasteiger partial charge is 0.466 e. The van der Waals surface area contributed by atoms with Gasteiger partial charge in [-0.05, 0) is 25.3 Å². The number of benzene rings is 2. The first-order valence-electron chi connectivity index (χ1n) is 10.8. The lowest BCUT2D eigenvalue weighted by atomic mass is 10.0. The molecule has 0 aliphatic carbocycles. The maximum atomic E-state index is 13.7. The summed E-state index contributed by atoms with van der Waals surface area (Å²) in [4.78, 5) is 12.4. The van der Waals surface area contributed by atoms with E-state index in [9.17, 15) is 13.2 Å². The Morgan fingerprint density at radius 3 is 2.47 bits per heavy atom. The second-order valence-corrected chi connectivity index (χ2v) is 9.75. The summed E-state index contributed by atoms with van der Waals surface area (Å²) in [6.45, 7) is 2.99. The molecule has 3 aromatic rings. The lowest BCUT2D eigenvalue weighted by molar-refractivity contribution is -0.149. The molecular weight excluding hydrogens is 426 g/mol. The Labute approximate surface area is 188 Å².